The number of hydrogen-bond donors (Lipinski definition) is 1. The Hall–Kier alpha value is -2.43. The Kier molecular flexibility index (Phi) is 4.17. The summed E-state index contributed by atoms with van der Waals surface area (Å²) in [6, 6.07) is 0.839. The average molecular weight is 306 g/mol. The highest BCUT2D eigenvalue weighted by molar-refractivity contribution is 6.45. The van der Waals surface area contributed by atoms with Gasteiger partial charge in [-0.05, 0) is 39.5 Å². The van der Waals surface area contributed by atoms with Gasteiger partial charge < -0.3 is 5.32 Å². The molecule has 8 heteroatoms. The number of nitriles is 1. The van der Waals surface area contributed by atoms with Crippen molar-refractivity contribution in [3.8, 4) is 6.07 Å². The van der Waals surface area contributed by atoms with Gasteiger partial charge in [-0.2, -0.15) is 5.26 Å². The van der Waals surface area contributed by atoms with Crippen molar-refractivity contribution in [3.05, 3.63) is 0 Å². The van der Waals surface area contributed by atoms with Crippen LogP contribution in [-0.2, 0) is 14.4 Å². The first-order chi connectivity index (χ1) is 10.3. The lowest BCUT2D eigenvalue weighted by molar-refractivity contribution is -0.144. The Bertz CT molecular complexity index is 572. The molecule has 8 nitrogen and oxygen atoms in total. The van der Waals surface area contributed by atoms with Gasteiger partial charge in [-0.25, -0.2) is 9.69 Å². The van der Waals surface area contributed by atoms with Crippen LogP contribution in [0, 0.1) is 11.3 Å². The predicted octanol–water partition coefficient (Wildman–Crippen LogP) is 0.138. The predicted molar refractivity (Wildman–Crippen MR) is 74.0 cm³/mol. The summed E-state index contributed by atoms with van der Waals surface area (Å²) in [5.74, 6) is -2.54. The summed E-state index contributed by atoms with van der Waals surface area (Å²) in [6.07, 6.45) is 2.78. The van der Waals surface area contributed by atoms with Crippen LogP contribution in [0.2, 0.25) is 0 Å². The van der Waals surface area contributed by atoms with E-state index in [2.05, 4.69) is 11.4 Å². The van der Waals surface area contributed by atoms with Crippen molar-refractivity contribution in [1.82, 2.24) is 15.1 Å². The van der Waals surface area contributed by atoms with E-state index in [-0.39, 0.29) is 0 Å². The summed E-state index contributed by atoms with van der Waals surface area (Å²) in [5, 5.41) is 11.8. The second-order valence-corrected chi connectivity index (χ2v) is 5.89. The Labute approximate surface area is 128 Å². The van der Waals surface area contributed by atoms with Crippen LogP contribution in [-0.4, -0.2) is 51.7 Å². The monoisotopic (exact) mass is 306 g/mol. The molecule has 1 N–H and O–H groups in total. The van der Waals surface area contributed by atoms with Gasteiger partial charge in [-0.3, -0.25) is 19.3 Å². The molecule has 0 atom stereocenters. The standard InChI is InChI=1S/C14H18N4O4/c1-9(2)18-12(21)11(20)17(13(18)22)7-10(19)16-14(8-15)5-3-4-6-14/h9H,3-7H2,1-2H3,(H,16,19). The molecule has 22 heavy (non-hydrogen) atoms. The number of nitrogens with one attached hydrogen (secondary N) is 1. The van der Waals surface area contributed by atoms with E-state index in [1.807, 2.05) is 0 Å². The topological polar surface area (TPSA) is 111 Å². The molecule has 1 saturated heterocycles. The zero-order chi connectivity index (χ0) is 16.5. The lowest BCUT2D eigenvalue weighted by Gasteiger charge is -2.23. The molecule has 1 aliphatic carbocycles. The normalized spacial score (nSPS) is 20.7. The van der Waals surface area contributed by atoms with Crippen LogP contribution in [0.15, 0.2) is 0 Å². The molecule has 2 aliphatic rings. The third-order valence-electron chi connectivity index (χ3n) is 3.95. The number of amides is 5. The van der Waals surface area contributed by atoms with Gasteiger partial charge in [0.15, 0.2) is 0 Å². The molecule has 1 aliphatic heterocycles. The van der Waals surface area contributed by atoms with Crippen molar-refractivity contribution in [1.29, 1.82) is 5.26 Å². The van der Waals surface area contributed by atoms with Gasteiger partial charge in [0.25, 0.3) is 0 Å². The first kappa shape index (κ1) is 15.9. The van der Waals surface area contributed by atoms with Crippen molar-refractivity contribution < 1.29 is 19.2 Å². The Morgan fingerprint density at radius 2 is 1.86 bits per heavy atom. The van der Waals surface area contributed by atoms with Gasteiger partial charge in [-0.1, -0.05) is 0 Å². The summed E-state index contributed by atoms with van der Waals surface area (Å²) >= 11 is 0. The first-order valence-electron chi connectivity index (χ1n) is 7.22. The summed E-state index contributed by atoms with van der Waals surface area (Å²) in [7, 11) is 0. The van der Waals surface area contributed by atoms with Crippen LogP contribution < -0.4 is 5.32 Å². The van der Waals surface area contributed by atoms with Crippen molar-refractivity contribution in [2.24, 2.45) is 0 Å². The number of urea groups is 1. The minimum atomic E-state index is -1.01. The molecule has 0 aromatic rings. The van der Waals surface area contributed by atoms with Crippen molar-refractivity contribution in [2.45, 2.75) is 51.1 Å². The van der Waals surface area contributed by atoms with Crippen LogP contribution in [0.1, 0.15) is 39.5 Å². The molecule has 0 bridgehead atoms. The summed E-state index contributed by atoms with van der Waals surface area (Å²) < 4.78 is 0. The number of hydrogen-bond acceptors (Lipinski definition) is 5. The molecule has 0 radical (unpaired) electrons. The highest BCUT2D eigenvalue weighted by Crippen LogP contribution is 2.28. The zero-order valence-corrected chi connectivity index (χ0v) is 12.6. The smallest absolute Gasteiger partial charge is 0.334 e. The Morgan fingerprint density at radius 3 is 2.32 bits per heavy atom. The number of carbonyl (C=O) groups excluding carboxylic acids is 4. The molecule has 1 heterocycles. The third-order valence-corrected chi connectivity index (χ3v) is 3.95. The van der Waals surface area contributed by atoms with Gasteiger partial charge >= 0.3 is 17.8 Å². The van der Waals surface area contributed by atoms with E-state index in [0.29, 0.717) is 17.7 Å². The van der Waals surface area contributed by atoms with Crippen molar-refractivity contribution in [2.75, 3.05) is 6.54 Å². The quantitative estimate of drug-likeness (QED) is 0.586. The largest absolute Gasteiger partial charge is 0.336 e. The van der Waals surface area contributed by atoms with Gasteiger partial charge in [-0.15, -0.1) is 0 Å². The fraction of sp³-hybridized carbons (Fsp3) is 0.643. The van der Waals surface area contributed by atoms with Gasteiger partial charge in [0.1, 0.15) is 12.1 Å². The second-order valence-electron chi connectivity index (χ2n) is 5.89. The molecular formula is C14H18N4O4. The number of nitrogens with zero attached hydrogens (tertiary/aromatic N) is 3. The van der Waals surface area contributed by atoms with E-state index in [1.54, 1.807) is 13.8 Å². The maximum Gasteiger partial charge on any atom is 0.334 e. The van der Waals surface area contributed by atoms with Gasteiger partial charge in [0, 0.05) is 6.04 Å². The molecule has 1 saturated carbocycles. The lowest BCUT2D eigenvalue weighted by Crippen LogP contribution is -2.50. The number of carbonyl (C=O) groups is 4. The number of imide groups is 2. The van der Waals surface area contributed by atoms with Crippen LogP contribution in [0.25, 0.3) is 0 Å². The summed E-state index contributed by atoms with van der Waals surface area (Å²) in [5.41, 5.74) is -0.926. The van der Waals surface area contributed by atoms with E-state index in [1.165, 1.54) is 0 Å². The van der Waals surface area contributed by atoms with E-state index in [0.717, 1.165) is 17.7 Å². The van der Waals surface area contributed by atoms with Crippen molar-refractivity contribution in [3.63, 3.8) is 0 Å². The zero-order valence-electron chi connectivity index (χ0n) is 12.6. The average Bonchev–Trinajstić information content (AvgIpc) is 2.99. The fourth-order valence-electron chi connectivity index (χ4n) is 2.81. The first-order valence-corrected chi connectivity index (χ1v) is 7.22. The van der Waals surface area contributed by atoms with Crippen LogP contribution >= 0.6 is 0 Å². The lowest BCUT2D eigenvalue weighted by atomic mass is 10.00. The molecule has 2 rings (SSSR count). The molecule has 0 aromatic carbocycles. The fourth-order valence-corrected chi connectivity index (χ4v) is 2.81. The molecular weight excluding hydrogens is 288 g/mol. The Balaban J connectivity index is 2.06. The molecule has 2 fully saturated rings. The minimum Gasteiger partial charge on any atom is -0.336 e. The SMILES string of the molecule is CC(C)N1C(=O)C(=O)N(CC(=O)NC2(C#N)CCCC2)C1=O. The van der Waals surface area contributed by atoms with E-state index >= 15 is 0 Å². The molecule has 0 aromatic heterocycles. The maximum absolute atomic E-state index is 12.1. The Morgan fingerprint density at radius 1 is 1.27 bits per heavy atom. The van der Waals surface area contributed by atoms with Gasteiger partial charge in [0.2, 0.25) is 5.91 Å². The summed E-state index contributed by atoms with van der Waals surface area (Å²) in [6.45, 7) is 2.67. The van der Waals surface area contributed by atoms with Crippen LogP contribution in [0.5, 0.6) is 0 Å². The maximum atomic E-state index is 12.1. The minimum absolute atomic E-state index is 0.461. The van der Waals surface area contributed by atoms with Crippen LogP contribution in [0.3, 0.4) is 0 Å². The van der Waals surface area contributed by atoms with Crippen molar-refractivity contribution >= 4 is 23.8 Å². The van der Waals surface area contributed by atoms with E-state index in [9.17, 15) is 24.4 Å². The number of rotatable bonds is 4. The molecule has 0 unspecified atom stereocenters. The molecule has 5 amide bonds. The van der Waals surface area contributed by atoms with Gasteiger partial charge in [0.05, 0.1) is 6.07 Å². The second kappa shape index (κ2) is 5.75. The summed E-state index contributed by atoms with van der Waals surface area (Å²) in [4.78, 5) is 49.1. The van der Waals surface area contributed by atoms with E-state index < -0.39 is 41.9 Å². The highest BCUT2D eigenvalue weighted by Gasteiger charge is 2.47. The van der Waals surface area contributed by atoms with E-state index in [4.69, 9.17) is 0 Å². The molecule has 118 valence electrons. The van der Waals surface area contributed by atoms with Crippen LogP contribution in [0.4, 0.5) is 4.79 Å². The third kappa shape index (κ3) is 2.66. The molecule has 0 spiro atoms. The highest BCUT2D eigenvalue weighted by atomic mass is 16.2.